The van der Waals surface area contributed by atoms with Gasteiger partial charge in [0.05, 0.1) is 0 Å². The number of rotatable bonds is 6. The summed E-state index contributed by atoms with van der Waals surface area (Å²) in [5.41, 5.74) is 0. The largest absolute Gasteiger partial charge is 0.370 e. The third kappa shape index (κ3) is 4.59. The normalized spacial score (nSPS) is 10.7. The van der Waals surface area contributed by atoms with Gasteiger partial charge < -0.3 is 10.2 Å². The van der Waals surface area contributed by atoms with E-state index in [1.165, 1.54) is 0 Å². The van der Waals surface area contributed by atoms with Gasteiger partial charge in [-0.2, -0.15) is 0 Å². The van der Waals surface area contributed by atoms with Crippen molar-refractivity contribution in [3.63, 3.8) is 0 Å². The van der Waals surface area contributed by atoms with E-state index in [9.17, 15) is 0 Å². The number of hydrogen-bond acceptors (Lipinski definition) is 4. The fraction of sp³-hybridized carbons (Fsp3) is 0.692. The van der Waals surface area contributed by atoms with Gasteiger partial charge in [-0.1, -0.05) is 20.8 Å². The molecule has 0 bridgehead atoms. The summed E-state index contributed by atoms with van der Waals surface area (Å²) in [4.78, 5) is 11.0. The van der Waals surface area contributed by atoms with Crippen molar-refractivity contribution >= 4 is 11.6 Å². The molecule has 0 fully saturated rings. The van der Waals surface area contributed by atoms with Gasteiger partial charge >= 0.3 is 0 Å². The molecule has 0 aromatic carbocycles. The number of nitrogens with one attached hydrogen (secondary N) is 1. The molecule has 0 atom stereocenters. The molecule has 1 heterocycles. The lowest BCUT2D eigenvalue weighted by atomic mass is 10.2. The number of aromatic nitrogens is 2. The molecule has 17 heavy (non-hydrogen) atoms. The van der Waals surface area contributed by atoms with Crippen molar-refractivity contribution in [2.75, 3.05) is 30.4 Å². The zero-order valence-electron chi connectivity index (χ0n) is 11.6. The Labute approximate surface area is 104 Å². The van der Waals surface area contributed by atoms with Crippen LogP contribution in [0.2, 0.25) is 0 Å². The second-order valence-electron chi connectivity index (χ2n) is 4.86. The molecular weight excluding hydrogens is 212 g/mol. The van der Waals surface area contributed by atoms with E-state index >= 15 is 0 Å². The lowest BCUT2D eigenvalue weighted by Gasteiger charge is -2.21. The van der Waals surface area contributed by atoms with Crippen molar-refractivity contribution < 1.29 is 0 Å². The van der Waals surface area contributed by atoms with Crippen LogP contribution in [0.3, 0.4) is 0 Å². The monoisotopic (exact) mass is 236 g/mol. The maximum Gasteiger partial charge on any atom is 0.134 e. The van der Waals surface area contributed by atoms with E-state index in [0.717, 1.165) is 37.0 Å². The molecule has 0 aliphatic carbocycles. The smallest absolute Gasteiger partial charge is 0.134 e. The Hall–Kier alpha value is -1.32. The van der Waals surface area contributed by atoms with E-state index in [1.807, 2.05) is 13.0 Å². The van der Waals surface area contributed by atoms with E-state index in [4.69, 9.17) is 0 Å². The van der Waals surface area contributed by atoms with Gasteiger partial charge in [0.25, 0.3) is 0 Å². The molecule has 96 valence electrons. The quantitative estimate of drug-likeness (QED) is 0.824. The summed E-state index contributed by atoms with van der Waals surface area (Å²) in [5, 5.41) is 3.31. The molecule has 0 unspecified atom stereocenters. The zero-order chi connectivity index (χ0) is 12.8. The Bertz CT molecular complexity index is 349. The summed E-state index contributed by atoms with van der Waals surface area (Å²) in [6.07, 6.45) is 1.10. The standard InChI is InChI=1S/C13H24N4/c1-6-7-14-12-8-13(16-11(4)15-12)17(5)9-10(2)3/h8,10H,6-7,9H2,1-5H3,(H,14,15,16). The Balaban J connectivity index is 2.80. The predicted octanol–water partition coefficient (Wildman–Crippen LogP) is 2.70. The van der Waals surface area contributed by atoms with Crippen LogP contribution in [0.15, 0.2) is 6.07 Å². The van der Waals surface area contributed by atoms with Crippen LogP contribution in [0.1, 0.15) is 33.0 Å². The third-order valence-corrected chi connectivity index (χ3v) is 2.41. The zero-order valence-corrected chi connectivity index (χ0v) is 11.6. The molecule has 1 rings (SSSR count). The van der Waals surface area contributed by atoms with Crippen molar-refractivity contribution in [1.82, 2.24) is 9.97 Å². The van der Waals surface area contributed by atoms with Crippen molar-refractivity contribution in [3.8, 4) is 0 Å². The van der Waals surface area contributed by atoms with Crippen LogP contribution >= 0.6 is 0 Å². The molecule has 0 saturated heterocycles. The summed E-state index contributed by atoms with van der Waals surface area (Å²) >= 11 is 0. The highest BCUT2D eigenvalue weighted by atomic mass is 15.2. The van der Waals surface area contributed by atoms with E-state index in [2.05, 4.69) is 48.0 Å². The van der Waals surface area contributed by atoms with Crippen LogP contribution < -0.4 is 10.2 Å². The van der Waals surface area contributed by atoms with E-state index in [-0.39, 0.29) is 0 Å². The number of nitrogens with zero attached hydrogens (tertiary/aromatic N) is 3. The minimum atomic E-state index is 0.627. The number of anilines is 2. The molecule has 0 saturated carbocycles. The van der Waals surface area contributed by atoms with Crippen LogP contribution in [0.4, 0.5) is 11.6 Å². The first-order valence-electron chi connectivity index (χ1n) is 6.33. The van der Waals surface area contributed by atoms with Crippen LogP contribution in [-0.4, -0.2) is 30.1 Å². The Kier molecular flexibility index (Phi) is 5.19. The first-order valence-corrected chi connectivity index (χ1v) is 6.33. The predicted molar refractivity (Wildman–Crippen MR) is 73.7 cm³/mol. The first-order chi connectivity index (χ1) is 8.02. The second kappa shape index (κ2) is 6.42. The first kappa shape index (κ1) is 13.7. The highest BCUT2D eigenvalue weighted by molar-refractivity contribution is 5.48. The molecule has 0 aliphatic heterocycles. The summed E-state index contributed by atoms with van der Waals surface area (Å²) in [6, 6.07) is 2.02. The molecular formula is C13H24N4. The highest BCUT2D eigenvalue weighted by Gasteiger charge is 2.07. The molecule has 1 aromatic rings. The molecule has 4 heteroatoms. The summed E-state index contributed by atoms with van der Waals surface area (Å²) in [7, 11) is 2.07. The minimum absolute atomic E-state index is 0.627. The minimum Gasteiger partial charge on any atom is -0.370 e. The summed E-state index contributed by atoms with van der Waals surface area (Å²) < 4.78 is 0. The van der Waals surface area contributed by atoms with E-state index in [0.29, 0.717) is 5.92 Å². The lowest BCUT2D eigenvalue weighted by molar-refractivity contribution is 0.633. The molecule has 0 spiro atoms. The van der Waals surface area contributed by atoms with Crippen molar-refractivity contribution in [3.05, 3.63) is 11.9 Å². The number of hydrogen-bond donors (Lipinski definition) is 1. The van der Waals surface area contributed by atoms with Crippen LogP contribution in [0.5, 0.6) is 0 Å². The molecule has 0 radical (unpaired) electrons. The average Bonchev–Trinajstić information content (AvgIpc) is 2.24. The van der Waals surface area contributed by atoms with Crippen molar-refractivity contribution in [2.24, 2.45) is 5.92 Å². The van der Waals surface area contributed by atoms with Gasteiger partial charge in [-0.3, -0.25) is 0 Å². The van der Waals surface area contributed by atoms with Crippen LogP contribution in [-0.2, 0) is 0 Å². The fourth-order valence-electron chi connectivity index (χ4n) is 1.73. The lowest BCUT2D eigenvalue weighted by Crippen LogP contribution is -2.24. The van der Waals surface area contributed by atoms with Gasteiger partial charge in [0.1, 0.15) is 17.5 Å². The van der Waals surface area contributed by atoms with E-state index < -0.39 is 0 Å². The van der Waals surface area contributed by atoms with Gasteiger partial charge in [-0.15, -0.1) is 0 Å². The molecule has 0 amide bonds. The molecule has 0 aliphatic rings. The van der Waals surface area contributed by atoms with E-state index in [1.54, 1.807) is 0 Å². The Morgan fingerprint density at radius 2 is 2.06 bits per heavy atom. The Morgan fingerprint density at radius 3 is 2.65 bits per heavy atom. The summed E-state index contributed by atoms with van der Waals surface area (Å²) in [6.45, 7) is 10.5. The van der Waals surface area contributed by atoms with Crippen LogP contribution in [0.25, 0.3) is 0 Å². The van der Waals surface area contributed by atoms with Gasteiger partial charge in [-0.25, -0.2) is 9.97 Å². The van der Waals surface area contributed by atoms with Gasteiger partial charge in [0, 0.05) is 26.2 Å². The SMILES string of the molecule is CCCNc1cc(N(C)CC(C)C)nc(C)n1. The maximum atomic E-state index is 4.47. The Morgan fingerprint density at radius 1 is 1.35 bits per heavy atom. The van der Waals surface area contributed by atoms with Gasteiger partial charge in [0.15, 0.2) is 0 Å². The molecule has 1 aromatic heterocycles. The average molecular weight is 236 g/mol. The topological polar surface area (TPSA) is 41.0 Å². The maximum absolute atomic E-state index is 4.47. The number of aryl methyl sites for hydroxylation is 1. The van der Waals surface area contributed by atoms with Gasteiger partial charge in [0.2, 0.25) is 0 Å². The van der Waals surface area contributed by atoms with Crippen molar-refractivity contribution in [2.45, 2.75) is 34.1 Å². The summed E-state index contributed by atoms with van der Waals surface area (Å²) in [5.74, 6) is 3.36. The fourth-order valence-corrected chi connectivity index (χ4v) is 1.73. The van der Waals surface area contributed by atoms with Gasteiger partial charge in [-0.05, 0) is 19.3 Å². The highest BCUT2D eigenvalue weighted by Crippen LogP contribution is 2.15. The van der Waals surface area contributed by atoms with Crippen LogP contribution in [0, 0.1) is 12.8 Å². The third-order valence-electron chi connectivity index (χ3n) is 2.41. The van der Waals surface area contributed by atoms with Crippen molar-refractivity contribution in [1.29, 1.82) is 0 Å². The molecule has 1 N–H and O–H groups in total. The molecule has 4 nitrogen and oxygen atoms in total. The second-order valence-corrected chi connectivity index (χ2v) is 4.86.